The molecule has 0 fully saturated rings. The van der Waals surface area contributed by atoms with Crippen LogP contribution in [0.1, 0.15) is 34.1 Å². The molecule has 0 spiro atoms. The predicted molar refractivity (Wildman–Crippen MR) is 53.0 cm³/mol. The molecule has 4 nitrogen and oxygen atoms in total. The lowest BCUT2D eigenvalue weighted by Crippen LogP contribution is -1.97. The second kappa shape index (κ2) is 8.16. The first kappa shape index (κ1) is 15.0. The lowest BCUT2D eigenvalue weighted by atomic mass is 10.2. The molecule has 0 amide bonds. The zero-order valence-electron chi connectivity index (χ0n) is 8.96. The van der Waals surface area contributed by atoms with Gasteiger partial charge in [0.2, 0.25) is 0 Å². The molecule has 0 radical (unpaired) electrons. The van der Waals surface area contributed by atoms with Gasteiger partial charge in [-0.3, -0.25) is 4.79 Å². The van der Waals surface area contributed by atoms with Crippen molar-refractivity contribution in [1.82, 2.24) is 0 Å². The predicted octanol–water partition coefficient (Wildman–Crippen LogP) is 1.59. The summed E-state index contributed by atoms with van der Waals surface area (Å²) in [6.07, 6.45) is 1.61. The van der Waals surface area contributed by atoms with Gasteiger partial charge in [-0.25, -0.2) is 4.79 Å². The molecule has 0 aromatic carbocycles. The molecule has 0 saturated carbocycles. The Kier molecular flexibility index (Phi) is 8.77. The molecule has 0 atom stereocenters. The Morgan fingerprint density at radius 1 is 1.07 bits per heavy atom. The van der Waals surface area contributed by atoms with E-state index in [9.17, 15) is 14.4 Å². The van der Waals surface area contributed by atoms with Gasteiger partial charge >= 0.3 is 5.97 Å². The van der Waals surface area contributed by atoms with Gasteiger partial charge in [-0.05, 0) is 27.7 Å². The fourth-order valence-corrected chi connectivity index (χ4v) is 0.384. The molecule has 0 aliphatic heterocycles. The number of rotatable bonds is 3. The van der Waals surface area contributed by atoms with Crippen LogP contribution in [-0.4, -0.2) is 22.6 Å². The summed E-state index contributed by atoms with van der Waals surface area (Å²) in [6.45, 7) is 5.94. The van der Waals surface area contributed by atoms with Gasteiger partial charge in [-0.15, -0.1) is 0 Å². The van der Waals surface area contributed by atoms with E-state index in [0.717, 1.165) is 0 Å². The number of carboxylic acid groups (broad SMARTS) is 1. The minimum Gasteiger partial charge on any atom is -0.478 e. The van der Waals surface area contributed by atoms with E-state index in [0.29, 0.717) is 0 Å². The average Bonchev–Trinajstić information content (AvgIpc) is 1.98. The van der Waals surface area contributed by atoms with Crippen LogP contribution in [0.3, 0.4) is 0 Å². The van der Waals surface area contributed by atoms with Crippen LogP contribution in [0, 0.1) is 0 Å². The highest BCUT2D eigenvalue weighted by molar-refractivity contribution is 5.87. The SMILES string of the molecule is CC(=O)CC=C(C)C(=O)O.CC(C)=O. The van der Waals surface area contributed by atoms with E-state index in [-0.39, 0.29) is 23.6 Å². The van der Waals surface area contributed by atoms with Crippen molar-refractivity contribution in [2.75, 3.05) is 0 Å². The zero-order valence-corrected chi connectivity index (χ0v) is 8.96. The Bertz CT molecular complexity index is 247. The number of carbonyl (C=O) groups excluding carboxylic acids is 2. The first-order valence-electron chi connectivity index (χ1n) is 4.14. The number of hydrogen-bond donors (Lipinski definition) is 1. The third-order valence-electron chi connectivity index (χ3n) is 1.03. The fraction of sp³-hybridized carbons (Fsp3) is 0.500. The topological polar surface area (TPSA) is 71.4 Å². The van der Waals surface area contributed by atoms with E-state index in [1.165, 1.54) is 33.8 Å². The van der Waals surface area contributed by atoms with Gasteiger partial charge in [0.15, 0.2) is 0 Å². The molecule has 0 aromatic heterocycles. The number of Topliss-reactive ketones (excluding diaryl/α,β-unsaturated/α-hetero) is 2. The van der Waals surface area contributed by atoms with Gasteiger partial charge in [0.25, 0.3) is 0 Å². The smallest absolute Gasteiger partial charge is 0.330 e. The number of hydrogen-bond acceptors (Lipinski definition) is 3. The van der Waals surface area contributed by atoms with Crippen LogP contribution in [0.15, 0.2) is 11.6 Å². The third kappa shape index (κ3) is 16.9. The quantitative estimate of drug-likeness (QED) is 0.702. The summed E-state index contributed by atoms with van der Waals surface area (Å²) in [4.78, 5) is 29.9. The van der Waals surface area contributed by atoms with Gasteiger partial charge in [-0.2, -0.15) is 0 Å². The van der Waals surface area contributed by atoms with Crippen LogP contribution in [0.4, 0.5) is 0 Å². The van der Waals surface area contributed by atoms with E-state index in [2.05, 4.69) is 0 Å². The number of allylic oxidation sites excluding steroid dienone is 1. The van der Waals surface area contributed by atoms with Gasteiger partial charge in [0.05, 0.1) is 0 Å². The summed E-state index contributed by atoms with van der Waals surface area (Å²) in [7, 11) is 0. The summed E-state index contributed by atoms with van der Waals surface area (Å²) in [5.41, 5.74) is 0.218. The van der Waals surface area contributed by atoms with Gasteiger partial charge in [0.1, 0.15) is 11.6 Å². The van der Waals surface area contributed by atoms with Gasteiger partial charge < -0.3 is 9.90 Å². The standard InChI is InChI=1S/C7H10O3.C3H6O/c1-5(7(9)10)3-4-6(2)8;1-3(2)4/h3H,4H2,1-2H3,(H,9,10);1-2H3. The molecule has 14 heavy (non-hydrogen) atoms. The Morgan fingerprint density at radius 2 is 1.43 bits per heavy atom. The third-order valence-corrected chi connectivity index (χ3v) is 1.03. The molecule has 80 valence electrons. The molecule has 0 aliphatic carbocycles. The highest BCUT2D eigenvalue weighted by atomic mass is 16.4. The first-order chi connectivity index (χ1) is 6.27. The Balaban J connectivity index is 0. The highest BCUT2D eigenvalue weighted by Gasteiger charge is 1.98. The first-order valence-corrected chi connectivity index (χ1v) is 4.14. The largest absolute Gasteiger partial charge is 0.478 e. The van der Waals surface area contributed by atoms with Crippen molar-refractivity contribution in [3.63, 3.8) is 0 Å². The van der Waals surface area contributed by atoms with Crippen LogP contribution in [-0.2, 0) is 14.4 Å². The van der Waals surface area contributed by atoms with E-state index >= 15 is 0 Å². The van der Waals surface area contributed by atoms with Crippen LogP contribution < -0.4 is 0 Å². The number of carboxylic acids is 1. The van der Waals surface area contributed by atoms with Gasteiger partial charge in [-0.1, -0.05) is 6.08 Å². The molecular weight excluding hydrogens is 184 g/mol. The summed E-state index contributed by atoms with van der Waals surface area (Å²) in [5, 5.41) is 8.32. The lowest BCUT2D eigenvalue weighted by molar-refractivity contribution is -0.132. The molecule has 0 unspecified atom stereocenters. The Morgan fingerprint density at radius 3 is 1.64 bits per heavy atom. The molecule has 0 saturated heterocycles. The second-order valence-electron chi connectivity index (χ2n) is 3.01. The Hall–Kier alpha value is -1.45. The summed E-state index contributed by atoms with van der Waals surface area (Å²) in [6, 6.07) is 0. The van der Waals surface area contributed by atoms with E-state index in [4.69, 9.17) is 5.11 Å². The van der Waals surface area contributed by atoms with Crippen molar-refractivity contribution in [2.24, 2.45) is 0 Å². The van der Waals surface area contributed by atoms with Gasteiger partial charge in [0, 0.05) is 12.0 Å². The average molecular weight is 200 g/mol. The molecule has 1 N–H and O–H groups in total. The van der Waals surface area contributed by atoms with E-state index < -0.39 is 5.97 Å². The monoisotopic (exact) mass is 200 g/mol. The van der Waals surface area contributed by atoms with Crippen molar-refractivity contribution >= 4 is 17.5 Å². The molecule has 0 rings (SSSR count). The molecule has 0 aromatic rings. The maximum atomic E-state index is 10.3. The van der Waals surface area contributed by atoms with Crippen molar-refractivity contribution < 1.29 is 19.5 Å². The number of ketones is 2. The molecular formula is C10H16O4. The fourth-order valence-electron chi connectivity index (χ4n) is 0.384. The van der Waals surface area contributed by atoms with Crippen LogP contribution >= 0.6 is 0 Å². The molecule has 0 aliphatic rings. The normalized spacial score (nSPS) is 9.86. The van der Waals surface area contributed by atoms with Crippen molar-refractivity contribution in [3.8, 4) is 0 Å². The zero-order chi connectivity index (χ0) is 11.7. The summed E-state index contributed by atoms with van der Waals surface area (Å²) < 4.78 is 0. The number of aliphatic carboxylic acids is 1. The van der Waals surface area contributed by atoms with E-state index in [1.54, 1.807) is 0 Å². The second-order valence-corrected chi connectivity index (χ2v) is 3.01. The van der Waals surface area contributed by atoms with Crippen molar-refractivity contribution in [2.45, 2.75) is 34.1 Å². The van der Waals surface area contributed by atoms with Crippen LogP contribution in [0.5, 0.6) is 0 Å². The minimum atomic E-state index is -0.971. The molecule has 0 bridgehead atoms. The van der Waals surface area contributed by atoms with Crippen molar-refractivity contribution in [1.29, 1.82) is 0 Å². The van der Waals surface area contributed by atoms with Crippen LogP contribution in [0.25, 0.3) is 0 Å². The minimum absolute atomic E-state index is 0.0272. The number of carbonyl (C=O) groups is 3. The van der Waals surface area contributed by atoms with E-state index in [1.807, 2.05) is 0 Å². The maximum absolute atomic E-state index is 10.3. The lowest BCUT2D eigenvalue weighted by Gasteiger charge is -1.89. The summed E-state index contributed by atoms with van der Waals surface area (Å²) >= 11 is 0. The van der Waals surface area contributed by atoms with Crippen LogP contribution in [0.2, 0.25) is 0 Å². The molecule has 0 heterocycles. The highest BCUT2D eigenvalue weighted by Crippen LogP contribution is 1.94. The Labute approximate surface area is 83.6 Å². The maximum Gasteiger partial charge on any atom is 0.330 e. The summed E-state index contributed by atoms with van der Waals surface area (Å²) in [5.74, 6) is -0.832. The molecule has 4 heteroatoms. The van der Waals surface area contributed by atoms with Crippen molar-refractivity contribution in [3.05, 3.63) is 11.6 Å².